The summed E-state index contributed by atoms with van der Waals surface area (Å²) < 4.78 is 10.3. The number of piperazine rings is 1. The topological polar surface area (TPSA) is 100 Å². The van der Waals surface area contributed by atoms with Gasteiger partial charge in [-0.2, -0.15) is 0 Å². The number of ketones is 1. The number of amides is 2. The number of ether oxygens (including phenoxy) is 2. The maximum Gasteiger partial charge on any atom is 0.338 e. The van der Waals surface area contributed by atoms with E-state index in [1.807, 2.05) is 36.4 Å². The molecule has 2 aliphatic rings. The number of Topliss-reactive ketones (excluding diaryl/α,β-unsaturated/α-hetero) is 1. The van der Waals surface area contributed by atoms with Gasteiger partial charge in [-0.1, -0.05) is 12.1 Å². The summed E-state index contributed by atoms with van der Waals surface area (Å²) in [6.07, 6.45) is 0. The Bertz CT molecular complexity index is 1120. The fourth-order valence-corrected chi connectivity index (χ4v) is 4.43. The highest BCUT2D eigenvalue weighted by atomic mass is 16.5. The lowest BCUT2D eigenvalue weighted by Gasteiger charge is -2.38. The lowest BCUT2D eigenvalue weighted by atomic mass is 9.95. The van der Waals surface area contributed by atoms with Gasteiger partial charge in [-0.15, -0.1) is 0 Å². The SMILES string of the molecule is COC(=O)C1=C(CN2CCN(c3ccc(C(C)=O)cc3)CC2)NC(=O)N[C@@H]1c1ccc(OC)cc1. The normalized spacial score (nSPS) is 18.5. The van der Waals surface area contributed by atoms with Crippen molar-refractivity contribution in [1.29, 1.82) is 0 Å². The Balaban J connectivity index is 1.50. The molecule has 0 bridgehead atoms. The van der Waals surface area contributed by atoms with Gasteiger partial charge in [0, 0.05) is 49.7 Å². The summed E-state index contributed by atoms with van der Waals surface area (Å²) in [5.41, 5.74) is 3.46. The average Bonchev–Trinajstić information content (AvgIpc) is 2.88. The summed E-state index contributed by atoms with van der Waals surface area (Å²) in [5, 5.41) is 5.67. The molecule has 0 aromatic heterocycles. The predicted octanol–water partition coefficient (Wildman–Crippen LogP) is 2.50. The monoisotopic (exact) mass is 478 g/mol. The number of hydrogen-bond acceptors (Lipinski definition) is 7. The van der Waals surface area contributed by atoms with Gasteiger partial charge in [0.2, 0.25) is 0 Å². The van der Waals surface area contributed by atoms with Crippen LogP contribution in [0.1, 0.15) is 28.9 Å². The number of nitrogens with one attached hydrogen (secondary N) is 2. The molecule has 2 aromatic carbocycles. The Morgan fingerprint density at radius 2 is 1.63 bits per heavy atom. The molecule has 0 aliphatic carbocycles. The van der Waals surface area contributed by atoms with E-state index in [0.29, 0.717) is 29.1 Å². The lowest BCUT2D eigenvalue weighted by molar-refractivity contribution is -0.136. The van der Waals surface area contributed by atoms with Gasteiger partial charge in [0.25, 0.3) is 0 Å². The first-order valence-corrected chi connectivity index (χ1v) is 11.5. The first kappa shape index (κ1) is 24.3. The quantitative estimate of drug-likeness (QED) is 0.466. The minimum atomic E-state index is -0.627. The van der Waals surface area contributed by atoms with E-state index >= 15 is 0 Å². The first-order chi connectivity index (χ1) is 16.9. The highest BCUT2D eigenvalue weighted by Gasteiger charge is 2.34. The molecule has 9 heteroatoms. The fraction of sp³-hybridized carbons (Fsp3) is 0.346. The smallest absolute Gasteiger partial charge is 0.338 e. The van der Waals surface area contributed by atoms with E-state index in [1.165, 1.54) is 7.11 Å². The Morgan fingerprint density at radius 3 is 2.20 bits per heavy atom. The molecule has 184 valence electrons. The molecule has 0 saturated carbocycles. The van der Waals surface area contributed by atoms with Gasteiger partial charge in [-0.05, 0) is 48.9 Å². The summed E-state index contributed by atoms with van der Waals surface area (Å²) in [5.74, 6) is 0.247. The summed E-state index contributed by atoms with van der Waals surface area (Å²) in [7, 11) is 2.92. The van der Waals surface area contributed by atoms with Crippen LogP contribution in [-0.4, -0.2) is 69.6 Å². The standard InChI is InChI=1S/C26H30N4O5/c1-17(31)18-4-8-20(9-5-18)30-14-12-29(13-15-30)16-22-23(25(32)35-3)24(28-26(33)27-22)19-6-10-21(34-2)11-7-19/h4-11,24H,12-16H2,1-3H3,(H2,27,28,33)/t24-/m1/s1. The van der Waals surface area contributed by atoms with Crippen molar-refractivity contribution in [2.24, 2.45) is 0 Å². The van der Waals surface area contributed by atoms with Crippen LogP contribution in [0.25, 0.3) is 0 Å². The number of methoxy groups -OCH3 is 2. The van der Waals surface area contributed by atoms with E-state index < -0.39 is 12.0 Å². The van der Waals surface area contributed by atoms with Crippen LogP contribution >= 0.6 is 0 Å². The third-order valence-corrected chi connectivity index (χ3v) is 6.40. The van der Waals surface area contributed by atoms with Crippen LogP contribution in [0.2, 0.25) is 0 Å². The molecular weight excluding hydrogens is 448 g/mol. The van der Waals surface area contributed by atoms with Crippen molar-refractivity contribution in [3.63, 3.8) is 0 Å². The summed E-state index contributed by atoms with van der Waals surface area (Å²) in [4.78, 5) is 41.3. The average molecular weight is 479 g/mol. The molecule has 0 spiro atoms. The number of carbonyl (C=O) groups is 3. The second kappa shape index (κ2) is 10.6. The Labute approximate surface area is 204 Å². The third-order valence-electron chi connectivity index (χ3n) is 6.40. The van der Waals surface area contributed by atoms with Crippen LogP contribution in [0, 0.1) is 0 Å². The van der Waals surface area contributed by atoms with Gasteiger partial charge in [0.1, 0.15) is 5.75 Å². The molecule has 2 aromatic rings. The zero-order chi connectivity index (χ0) is 24.9. The number of carbonyl (C=O) groups excluding carboxylic acids is 3. The molecule has 2 aliphatic heterocycles. The van der Waals surface area contributed by atoms with Crippen LogP contribution in [0.15, 0.2) is 59.8 Å². The van der Waals surface area contributed by atoms with Crippen LogP contribution in [-0.2, 0) is 9.53 Å². The van der Waals surface area contributed by atoms with Crippen molar-refractivity contribution in [1.82, 2.24) is 15.5 Å². The van der Waals surface area contributed by atoms with E-state index in [1.54, 1.807) is 26.2 Å². The van der Waals surface area contributed by atoms with Crippen LogP contribution in [0.3, 0.4) is 0 Å². The molecule has 2 N–H and O–H groups in total. The van der Waals surface area contributed by atoms with Crippen molar-refractivity contribution in [2.75, 3.05) is 51.8 Å². The molecule has 35 heavy (non-hydrogen) atoms. The highest BCUT2D eigenvalue weighted by molar-refractivity contribution is 5.95. The lowest BCUT2D eigenvalue weighted by Crippen LogP contribution is -2.51. The zero-order valence-electron chi connectivity index (χ0n) is 20.2. The van der Waals surface area contributed by atoms with Gasteiger partial charge in [-0.25, -0.2) is 9.59 Å². The number of nitrogens with zero attached hydrogens (tertiary/aromatic N) is 2. The van der Waals surface area contributed by atoms with Gasteiger partial charge in [-0.3, -0.25) is 9.69 Å². The Morgan fingerprint density at radius 1 is 0.971 bits per heavy atom. The number of esters is 1. The van der Waals surface area contributed by atoms with Crippen molar-refractivity contribution in [3.05, 3.63) is 70.9 Å². The van der Waals surface area contributed by atoms with Crippen molar-refractivity contribution in [2.45, 2.75) is 13.0 Å². The first-order valence-electron chi connectivity index (χ1n) is 11.5. The zero-order valence-corrected chi connectivity index (χ0v) is 20.2. The molecule has 9 nitrogen and oxygen atoms in total. The van der Waals surface area contributed by atoms with Gasteiger partial charge < -0.3 is 25.0 Å². The van der Waals surface area contributed by atoms with Crippen LogP contribution in [0.5, 0.6) is 5.75 Å². The number of hydrogen-bond donors (Lipinski definition) is 2. The van der Waals surface area contributed by atoms with Crippen molar-refractivity contribution < 1.29 is 23.9 Å². The molecule has 0 radical (unpaired) electrons. The molecule has 1 fully saturated rings. The van der Waals surface area contributed by atoms with E-state index in [2.05, 4.69) is 20.4 Å². The Hall–Kier alpha value is -3.85. The third kappa shape index (κ3) is 5.46. The number of urea groups is 1. The predicted molar refractivity (Wildman–Crippen MR) is 132 cm³/mol. The van der Waals surface area contributed by atoms with Crippen molar-refractivity contribution >= 4 is 23.5 Å². The maximum atomic E-state index is 12.8. The van der Waals surface area contributed by atoms with Gasteiger partial charge >= 0.3 is 12.0 Å². The molecule has 2 heterocycles. The van der Waals surface area contributed by atoms with Crippen LogP contribution in [0.4, 0.5) is 10.5 Å². The molecule has 4 rings (SSSR count). The fourth-order valence-electron chi connectivity index (χ4n) is 4.43. The summed E-state index contributed by atoms with van der Waals surface area (Å²) in [6.45, 7) is 5.06. The largest absolute Gasteiger partial charge is 0.497 e. The second-order valence-corrected chi connectivity index (χ2v) is 8.55. The number of benzene rings is 2. The summed E-state index contributed by atoms with van der Waals surface area (Å²) in [6, 6.07) is 13.9. The van der Waals surface area contributed by atoms with Crippen molar-refractivity contribution in [3.8, 4) is 5.75 Å². The van der Waals surface area contributed by atoms with E-state index in [-0.39, 0.29) is 11.8 Å². The van der Waals surface area contributed by atoms with E-state index in [9.17, 15) is 14.4 Å². The number of rotatable bonds is 7. The van der Waals surface area contributed by atoms with E-state index in [0.717, 1.165) is 37.4 Å². The minimum Gasteiger partial charge on any atom is -0.497 e. The molecule has 0 unspecified atom stereocenters. The highest BCUT2D eigenvalue weighted by Crippen LogP contribution is 2.29. The van der Waals surface area contributed by atoms with Crippen LogP contribution < -0.4 is 20.3 Å². The maximum absolute atomic E-state index is 12.8. The molecule has 1 atom stereocenters. The summed E-state index contributed by atoms with van der Waals surface area (Å²) >= 11 is 0. The van der Waals surface area contributed by atoms with Gasteiger partial charge in [0.15, 0.2) is 5.78 Å². The molecule has 1 saturated heterocycles. The molecular formula is C26H30N4O5. The number of anilines is 1. The van der Waals surface area contributed by atoms with E-state index in [4.69, 9.17) is 9.47 Å². The Kier molecular flexibility index (Phi) is 7.36. The minimum absolute atomic E-state index is 0.0491. The molecule has 2 amide bonds. The van der Waals surface area contributed by atoms with Gasteiger partial charge in [0.05, 0.1) is 25.8 Å². The second-order valence-electron chi connectivity index (χ2n) is 8.55.